The van der Waals surface area contributed by atoms with E-state index in [9.17, 15) is 0 Å². The molecule has 3 heteroatoms. The van der Waals surface area contributed by atoms with Crippen LogP contribution in [0.1, 0.15) is 84.0 Å². The van der Waals surface area contributed by atoms with Crippen LogP contribution in [0.25, 0.3) is 0 Å². The molecule has 0 spiro atoms. The number of halogens is 1. The van der Waals surface area contributed by atoms with Crippen LogP contribution in [0.3, 0.4) is 0 Å². The predicted molar refractivity (Wildman–Crippen MR) is 104 cm³/mol. The second-order valence-electron chi connectivity index (χ2n) is 6.90. The van der Waals surface area contributed by atoms with Crippen molar-refractivity contribution in [3.8, 4) is 0 Å². The third-order valence-corrected chi connectivity index (χ3v) is 3.68. The molecule has 0 amide bonds. The van der Waals surface area contributed by atoms with E-state index >= 15 is 0 Å². The van der Waals surface area contributed by atoms with Crippen molar-refractivity contribution in [3.05, 3.63) is 0 Å². The maximum Gasteiger partial charge on any atom is 0.0780 e. The van der Waals surface area contributed by atoms with Crippen molar-refractivity contribution >= 4 is 24.0 Å². The molecule has 0 radical (unpaired) electrons. The van der Waals surface area contributed by atoms with Gasteiger partial charge in [-0.1, -0.05) is 71.1 Å². The molecule has 0 bridgehead atoms. The van der Waals surface area contributed by atoms with E-state index in [1.807, 2.05) is 0 Å². The summed E-state index contributed by atoms with van der Waals surface area (Å²) in [6.45, 7) is 3.62. The fourth-order valence-electron chi connectivity index (χ4n) is 2.43. The van der Waals surface area contributed by atoms with Crippen LogP contribution in [0.15, 0.2) is 0 Å². The number of hydrogen-bond acceptors (Lipinski definition) is 1. The molecule has 0 atom stereocenters. The van der Waals surface area contributed by atoms with Gasteiger partial charge in [-0.15, -0.1) is 24.0 Å². The zero-order chi connectivity index (χ0) is 13.7. The Morgan fingerprint density at radius 1 is 0.550 bits per heavy atom. The smallest absolute Gasteiger partial charge is 0.0780 e. The molecule has 2 nitrogen and oxygen atoms in total. The zero-order valence-electron chi connectivity index (χ0n) is 14.8. The number of hydrogen-bond donors (Lipinski definition) is 1. The minimum atomic E-state index is 0. The first kappa shape index (κ1) is 25.6. The first-order valence-corrected chi connectivity index (χ1v) is 8.36. The van der Waals surface area contributed by atoms with E-state index in [1.165, 1.54) is 83.6 Å². The molecule has 0 saturated carbocycles. The Morgan fingerprint density at radius 2 is 0.850 bits per heavy atom. The highest BCUT2D eigenvalue weighted by Gasteiger charge is 2.04. The summed E-state index contributed by atoms with van der Waals surface area (Å²) in [5.74, 6) is 0. The fourth-order valence-corrected chi connectivity index (χ4v) is 2.43. The summed E-state index contributed by atoms with van der Waals surface area (Å²) in [6, 6.07) is 0. The van der Waals surface area contributed by atoms with Crippen LogP contribution in [-0.4, -0.2) is 32.2 Å². The quantitative estimate of drug-likeness (QED) is 0.223. The molecule has 0 heterocycles. The van der Waals surface area contributed by atoms with Crippen molar-refractivity contribution < 1.29 is 4.48 Å². The van der Waals surface area contributed by atoms with Gasteiger partial charge in [0, 0.05) is 0 Å². The number of nitrogens with zero attached hydrogens (tertiary/aromatic N) is 1. The molecular formula is C17H42IN2+. The van der Waals surface area contributed by atoms with E-state index in [4.69, 9.17) is 0 Å². The minimum Gasteiger partial charge on any atom is -0.344 e. The Labute approximate surface area is 146 Å². The molecule has 0 aliphatic heterocycles. The highest BCUT2D eigenvalue weighted by molar-refractivity contribution is 14.0. The summed E-state index contributed by atoms with van der Waals surface area (Å²) < 4.78 is 1.12. The molecule has 3 N–H and O–H groups in total. The molecule has 20 heavy (non-hydrogen) atoms. The lowest BCUT2D eigenvalue weighted by Gasteiger charge is -2.23. The van der Waals surface area contributed by atoms with Gasteiger partial charge in [0.1, 0.15) is 0 Å². The summed E-state index contributed by atoms with van der Waals surface area (Å²) in [6.07, 6.45) is 17.4. The van der Waals surface area contributed by atoms with Gasteiger partial charge >= 0.3 is 0 Å². The third-order valence-electron chi connectivity index (χ3n) is 3.68. The average Bonchev–Trinajstić information content (AvgIpc) is 2.29. The van der Waals surface area contributed by atoms with Crippen LogP contribution in [-0.2, 0) is 0 Å². The molecule has 126 valence electrons. The molecular weight excluding hydrogens is 359 g/mol. The van der Waals surface area contributed by atoms with E-state index in [0.29, 0.717) is 0 Å². The SMILES string of the molecule is CCCCCCCCCCCCCC[N+](C)(C)C.I.N. The van der Waals surface area contributed by atoms with Gasteiger partial charge in [-0.3, -0.25) is 0 Å². The monoisotopic (exact) mass is 401 g/mol. The molecule has 0 aromatic heterocycles. The average molecular weight is 401 g/mol. The maximum atomic E-state index is 2.29. The lowest BCUT2D eigenvalue weighted by molar-refractivity contribution is -0.870. The van der Waals surface area contributed by atoms with Crippen molar-refractivity contribution in [1.29, 1.82) is 0 Å². The van der Waals surface area contributed by atoms with Crippen LogP contribution >= 0.6 is 24.0 Å². The molecule has 0 saturated heterocycles. The van der Waals surface area contributed by atoms with Gasteiger partial charge in [-0.05, 0) is 12.8 Å². The molecule has 0 fully saturated rings. The Kier molecular flexibility index (Phi) is 22.7. The highest BCUT2D eigenvalue weighted by atomic mass is 127. The van der Waals surface area contributed by atoms with Gasteiger partial charge in [-0.25, -0.2) is 0 Å². The number of unbranched alkanes of at least 4 members (excludes halogenated alkanes) is 11. The van der Waals surface area contributed by atoms with E-state index in [2.05, 4.69) is 28.1 Å². The van der Waals surface area contributed by atoms with E-state index in [-0.39, 0.29) is 30.1 Å². The van der Waals surface area contributed by atoms with Crippen LogP contribution in [0.4, 0.5) is 0 Å². The van der Waals surface area contributed by atoms with E-state index in [0.717, 1.165) is 4.48 Å². The minimum absolute atomic E-state index is 0. The molecule has 0 rings (SSSR count). The Hall–Kier alpha value is 0.650. The molecule has 0 aliphatic carbocycles. The number of rotatable bonds is 13. The van der Waals surface area contributed by atoms with Crippen LogP contribution < -0.4 is 6.15 Å². The first-order valence-electron chi connectivity index (χ1n) is 8.36. The summed E-state index contributed by atoms with van der Waals surface area (Å²) in [4.78, 5) is 0. The maximum absolute atomic E-state index is 2.29. The largest absolute Gasteiger partial charge is 0.344 e. The second kappa shape index (κ2) is 17.7. The molecule has 0 unspecified atom stereocenters. The lowest BCUT2D eigenvalue weighted by Crippen LogP contribution is -2.35. The van der Waals surface area contributed by atoms with Gasteiger partial charge in [0.2, 0.25) is 0 Å². The van der Waals surface area contributed by atoms with Gasteiger partial charge in [0.15, 0.2) is 0 Å². The standard InChI is InChI=1S/C17H38N.HI.H3N/c1-5-6-7-8-9-10-11-12-13-14-15-16-17-18(2,3)4;;/h5-17H2,1-4H3;1H;1H3/q+1;;. The second-order valence-corrected chi connectivity index (χ2v) is 6.90. The number of quaternary nitrogens is 1. The van der Waals surface area contributed by atoms with E-state index < -0.39 is 0 Å². The molecule has 0 aliphatic rings. The predicted octanol–water partition coefficient (Wildman–Crippen LogP) is 6.17. The Balaban J connectivity index is -0.00000144. The summed E-state index contributed by atoms with van der Waals surface area (Å²) in [5.41, 5.74) is 0. The molecule has 0 aromatic rings. The summed E-state index contributed by atoms with van der Waals surface area (Å²) in [5, 5.41) is 0. The van der Waals surface area contributed by atoms with Gasteiger partial charge in [-0.2, -0.15) is 0 Å². The van der Waals surface area contributed by atoms with Crippen molar-refractivity contribution in [2.75, 3.05) is 27.7 Å². The Bertz CT molecular complexity index is 167. The summed E-state index contributed by atoms with van der Waals surface area (Å²) >= 11 is 0. The fraction of sp³-hybridized carbons (Fsp3) is 1.00. The zero-order valence-corrected chi connectivity index (χ0v) is 17.1. The topological polar surface area (TPSA) is 35.0 Å². The van der Waals surface area contributed by atoms with Crippen molar-refractivity contribution in [2.45, 2.75) is 84.0 Å². The van der Waals surface area contributed by atoms with E-state index in [1.54, 1.807) is 0 Å². The Morgan fingerprint density at radius 3 is 1.15 bits per heavy atom. The first-order chi connectivity index (χ1) is 8.56. The van der Waals surface area contributed by atoms with Crippen molar-refractivity contribution in [3.63, 3.8) is 0 Å². The summed E-state index contributed by atoms with van der Waals surface area (Å²) in [7, 11) is 6.87. The van der Waals surface area contributed by atoms with Crippen LogP contribution in [0, 0.1) is 0 Å². The van der Waals surface area contributed by atoms with Crippen molar-refractivity contribution in [2.24, 2.45) is 0 Å². The van der Waals surface area contributed by atoms with Crippen molar-refractivity contribution in [1.82, 2.24) is 6.15 Å². The third kappa shape index (κ3) is 23.7. The normalized spacial score (nSPS) is 10.8. The lowest BCUT2D eigenvalue weighted by atomic mass is 10.1. The highest BCUT2D eigenvalue weighted by Crippen LogP contribution is 2.12. The van der Waals surface area contributed by atoms with Gasteiger partial charge < -0.3 is 10.6 Å². The van der Waals surface area contributed by atoms with Gasteiger partial charge in [0.25, 0.3) is 0 Å². The van der Waals surface area contributed by atoms with Crippen LogP contribution in [0.5, 0.6) is 0 Å². The van der Waals surface area contributed by atoms with Gasteiger partial charge in [0.05, 0.1) is 27.7 Å². The van der Waals surface area contributed by atoms with Crippen LogP contribution in [0.2, 0.25) is 0 Å². The molecule has 0 aromatic carbocycles.